The first kappa shape index (κ1) is 19.8. The van der Waals surface area contributed by atoms with E-state index in [2.05, 4.69) is 24.3 Å². The zero-order chi connectivity index (χ0) is 21.5. The van der Waals surface area contributed by atoms with Crippen LogP contribution in [-0.4, -0.2) is 42.3 Å². The molecule has 6 nitrogen and oxygen atoms in total. The molecule has 144 valence electrons. The number of hydrogen-bond donors (Lipinski definition) is 0. The van der Waals surface area contributed by atoms with Crippen molar-refractivity contribution in [1.82, 2.24) is 0 Å². The average molecular weight is 382 g/mol. The molecule has 0 N–H and O–H groups in total. The minimum atomic E-state index is 0.126. The SMILES string of the molecule is CN(C)c1ccc2ccc3c(C#N)c(C#N)c(C#N)c(N(C)C)c3c2c1N(C)C. The van der Waals surface area contributed by atoms with Crippen LogP contribution in [0.5, 0.6) is 0 Å². The monoisotopic (exact) mass is 382 g/mol. The highest BCUT2D eigenvalue weighted by Crippen LogP contribution is 2.45. The molecule has 0 heterocycles. The van der Waals surface area contributed by atoms with Gasteiger partial charge in [-0.05, 0) is 11.5 Å². The largest absolute Gasteiger partial charge is 0.376 e. The molecule has 3 rings (SSSR count). The van der Waals surface area contributed by atoms with Crippen molar-refractivity contribution < 1.29 is 0 Å². The maximum absolute atomic E-state index is 9.90. The smallest absolute Gasteiger partial charge is 0.103 e. The highest BCUT2D eigenvalue weighted by Gasteiger charge is 2.24. The zero-order valence-corrected chi connectivity index (χ0v) is 17.5. The van der Waals surface area contributed by atoms with E-state index in [0.29, 0.717) is 11.1 Å². The molecule has 0 fully saturated rings. The maximum atomic E-state index is 9.90. The number of anilines is 3. The predicted molar refractivity (Wildman–Crippen MR) is 119 cm³/mol. The van der Waals surface area contributed by atoms with E-state index < -0.39 is 0 Å². The van der Waals surface area contributed by atoms with Gasteiger partial charge < -0.3 is 14.7 Å². The van der Waals surface area contributed by atoms with Gasteiger partial charge in [0, 0.05) is 58.4 Å². The number of fused-ring (bicyclic) bond motifs is 3. The Morgan fingerprint density at radius 3 is 1.62 bits per heavy atom. The Balaban J connectivity index is 2.81. The van der Waals surface area contributed by atoms with E-state index in [9.17, 15) is 15.8 Å². The van der Waals surface area contributed by atoms with Gasteiger partial charge in [-0.1, -0.05) is 18.2 Å². The summed E-state index contributed by atoms with van der Waals surface area (Å²) in [5.41, 5.74) is 3.28. The van der Waals surface area contributed by atoms with Gasteiger partial charge in [-0.15, -0.1) is 0 Å². The van der Waals surface area contributed by atoms with E-state index >= 15 is 0 Å². The van der Waals surface area contributed by atoms with Crippen molar-refractivity contribution in [1.29, 1.82) is 15.8 Å². The van der Waals surface area contributed by atoms with Crippen LogP contribution in [0.15, 0.2) is 24.3 Å². The van der Waals surface area contributed by atoms with Crippen molar-refractivity contribution >= 4 is 38.6 Å². The average Bonchev–Trinajstić information content (AvgIpc) is 2.69. The lowest BCUT2D eigenvalue weighted by Crippen LogP contribution is -2.18. The van der Waals surface area contributed by atoms with Gasteiger partial charge in [0.1, 0.15) is 18.2 Å². The summed E-state index contributed by atoms with van der Waals surface area (Å²) in [6.45, 7) is 0. The second-order valence-electron chi connectivity index (χ2n) is 7.51. The molecule has 0 aliphatic carbocycles. The molecule has 0 unspecified atom stereocenters. The van der Waals surface area contributed by atoms with Crippen LogP contribution in [-0.2, 0) is 0 Å². The fraction of sp³-hybridized carbons (Fsp3) is 0.261. The predicted octanol–water partition coefficient (Wildman–Crippen LogP) is 3.81. The third-order valence-corrected chi connectivity index (χ3v) is 5.09. The van der Waals surface area contributed by atoms with Gasteiger partial charge in [-0.2, -0.15) is 15.8 Å². The van der Waals surface area contributed by atoms with Gasteiger partial charge in [0.15, 0.2) is 0 Å². The quantitative estimate of drug-likeness (QED) is 0.641. The lowest BCUT2D eigenvalue weighted by Gasteiger charge is -2.27. The molecule has 0 aliphatic rings. The van der Waals surface area contributed by atoms with Gasteiger partial charge in [0.25, 0.3) is 0 Å². The number of nitrogens with zero attached hydrogens (tertiary/aromatic N) is 6. The van der Waals surface area contributed by atoms with Crippen LogP contribution in [0.3, 0.4) is 0 Å². The highest BCUT2D eigenvalue weighted by atomic mass is 15.1. The summed E-state index contributed by atoms with van der Waals surface area (Å²) >= 11 is 0. The van der Waals surface area contributed by atoms with Crippen molar-refractivity contribution in [3.8, 4) is 18.2 Å². The second-order valence-corrected chi connectivity index (χ2v) is 7.51. The first-order valence-corrected chi connectivity index (χ1v) is 9.10. The van der Waals surface area contributed by atoms with Gasteiger partial charge >= 0.3 is 0 Å². The number of rotatable bonds is 3. The van der Waals surface area contributed by atoms with E-state index in [1.54, 1.807) is 0 Å². The van der Waals surface area contributed by atoms with Crippen LogP contribution in [0.1, 0.15) is 16.7 Å². The van der Waals surface area contributed by atoms with Gasteiger partial charge in [-0.3, -0.25) is 0 Å². The summed E-state index contributed by atoms with van der Waals surface area (Å²) in [5, 5.41) is 32.9. The Labute approximate surface area is 171 Å². The second kappa shape index (κ2) is 7.23. The minimum absolute atomic E-state index is 0.126. The molecule has 0 spiro atoms. The van der Waals surface area contributed by atoms with E-state index in [-0.39, 0.29) is 16.7 Å². The summed E-state index contributed by atoms with van der Waals surface area (Å²) in [6, 6.07) is 14.4. The van der Waals surface area contributed by atoms with Crippen LogP contribution in [0.2, 0.25) is 0 Å². The molecule has 0 bridgehead atoms. The molecular formula is C23H22N6. The zero-order valence-electron chi connectivity index (χ0n) is 17.5. The normalized spacial score (nSPS) is 10.3. The molecule has 0 aliphatic heterocycles. The van der Waals surface area contributed by atoms with E-state index in [1.165, 1.54) is 0 Å². The molecule has 0 amide bonds. The Bertz CT molecular complexity index is 1260. The molecule has 3 aromatic carbocycles. The molecular weight excluding hydrogens is 360 g/mol. The van der Waals surface area contributed by atoms with E-state index in [4.69, 9.17) is 0 Å². The number of nitriles is 3. The molecule has 0 radical (unpaired) electrons. The number of benzene rings is 3. The van der Waals surface area contributed by atoms with Crippen LogP contribution in [0.4, 0.5) is 17.1 Å². The maximum Gasteiger partial charge on any atom is 0.103 e. The van der Waals surface area contributed by atoms with Crippen molar-refractivity contribution in [3.05, 3.63) is 41.0 Å². The van der Waals surface area contributed by atoms with Crippen molar-refractivity contribution in [2.45, 2.75) is 0 Å². The summed E-state index contributed by atoms with van der Waals surface area (Å²) in [4.78, 5) is 5.94. The summed E-state index contributed by atoms with van der Waals surface area (Å²) in [7, 11) is 11.6. The van der Waals surface area contributed by atoms with Crippen molar-refractivity contribution in [2.24, 2.45) is 0 Å². The molecule has 3 aromatic rings. The third-order valence-electron chi connectivity index (χ3n) is 5.09. The highest BCUT2D eigenvalue weighted by molar-refractivity contribution is 6.22. The fourth-order valence-electron chi connectivity index (χ4n) is 3.94. The van der Waals surface area contributed by atoms with Crippen molar-refractivity contribution in [2.75, 3.05) is 57.0 Å². The lowest BCUT2D eigenvalue weighted by atomic mass is 9.89. The van der Waals surface area contributed by atoms with E-state index in [1.807, 2.05) is 75.2 Å². The fourth-order valence-corrected chi connectivity index (χ4v) is 3.94. The molecule has 0 saturated carbocycles. The third kappa shape index (κ3) is 2.85. The molecule has 0 saturated heterocycles. The van der Waals surface area contributed by atoms with Crippen LogP contribution >= 0.6 is 0 Å². The van der Waals surface area contributed by atoms with Gasteiger partial charge in [-0.25, -0.2) is 0 Å². The van der Waals surface area contributed by atoms with Crippen LogP contribution in [0, 0.1) is 34.0 Å². The first-order chi connectivity index (χ1) is 13.8. The Morgan fingerprint density at radius 2 is 1.14 bits per heavy atom. The van der Waals surface area contributed by atoms with Crippen molar-refractivity contribution in [3.63, 3.8) is 0 Å². The Hall–Kier alpha value is -3.95. The Kier molecular flexibility index (Phi) is 4.93. The lowest BCUT2D eigenvalue weighted by molar-refractivity contribution is 1.08. The first-order valence-electron chi connectivity index (χ1n) is 9.10. The molecule has 0 aromatic heterocycles. The topological polar surface area (TPSA) is 81.1 Å². The Morgan fingerprint density at radius 1 is 0.586 bits per heavy atom. The summed E-state index contributed by atoms with van der Waals surface area (Å²) in [5.74, 6) is 0. The van der Waals surface area contributed by atoms with Crippen LogP contribution < -0.4 is 14.7 Å². The minimum Gasteiger partial charge on any atom is -0.376 e. The van der Waals surface area contributed by atoms with E-state index in [0.717, 1.165) is 27.5 Å². The molecule has 6 heteroatoms. The summed E-state index contributed by atoms with van der Waals surface area (Å²) < 4.78 is 0. The standard InChI is InChI=1S/C23H22N6/c1-27(2)19-10-8-14-7-9-15-16(11-24)17(12-25)18(13-26)22(28(3)4)21(15)20(14)23(19)29(5)6/h7-10H,1-6H3. The van der Waals surface area contributed by atoms with Gasteiger partial charge in [0.05, 0.1) is 33.8 Å². The summed E-state index contributed by atoms with van der Waals surface area (Å²) in [6.07, 6.45) is 0. The molecule has 0 atom stereocenters. The van der Waals surface area contributed by atoms with Gasteiger partial charge in [0.2, 0.25) is 0 Å². The molecule has 29 heavy (non-hydrogen) atoms. The van der Waals surface area contributed by atoms with Crippen LogP contribution in [0.25, 0.3) is 21.5 Å². The number of hydrogen-bond acceptors (Lipinski definition) is 6.